The second-order valence-corrected chi connectivity index (χ2v) is 11.5. The number of alkyl halides is 1. The molecule has 2 heterocycles. The number of rotatable bonds is 0. The van der Waals surface area contributed by atoms with E-state index >= 15 is 0 Å². The van der Waals surface area contributed by atoms with Crippen molar-refractivity contribution in [1.82, 2.24) is 0 Å². The largest absolute Gasteiger partial charge is 0.391 e. The van der Waals surface area contributed by atoms with Gasteiger partial charge in [0, 0.05) is 10.8 Å². The minimum Gasteiger partial charge on any atom is -0.391 e. The van der Waals surface area contributed by atoms with Gasteiger partial charge in [0.15, 0.2) is 13.6 Å². The standard InChI is InChI=1S/C24H33ClO5/c1-15-10-18-17-8-7-16-6-4-5-9-20(16,2)23(17,25)19(26)11-21(18,3)24(15)22(29-14-30-24)12-27-13-28-22/h5-6,9,15,17-19,26H,4,7-8,10-14H2,1-3H3/t15-,17+,18+,19+,20+,21+,22?,23+,24-/m1/s1. The molecule has 6 aliphatic rings. The average molecular weight is 437 g/mol. The van der Waals surface area contributed by atoms with Crippen LogP contribution in [0.25, 0.3) is 0 Å². The number of halogens is 1. The zero-order valence-corrected chi connectivity index (χ0v) is 18.9. The molecule has 30 heavy (non-hydrogen) atoms. The lowest BCUT2D eigenvalue weighted by molar-refractivity contribution is -0.264. The molecular weight excluding hydrogens is 404 g/mol. The Hall–Kier alpha value is -0.430. The van der Waals surface area contributed by atoms with E-state index in [4.69, 9.17) is 30.5 Å². The average Bonchev–Trinajstić information content (AvgIpc) is 3.39. The highest BCUT2D eigenvalue weighted by Crippen LogP contribution is 2.74. The van der Waals surface area contributed by atoms with E-state index in [0.29, 0.717) is 18.9 Å². The maximum atomic E-state index is 11.8. The van der Waals surface area contributed by atoms with Crippen molar-refractivity contribution in [2.45, 2.75) is 75.2 Å². The number of fused-ring (bicyclic) bond motifs is 7. The van der Waals surface area contributed by atoms with Crippen molar-refractivity contribution in [2.24, 2.45) is 28.6 Å². The smallest absolute Gasteiger partial charge is 0.227 e. The molecule has 0 bridgehead atoms. The van der Waals surface area contributed by atoms with Crippen LogP contribution < -0.4 is 0 Å². The van der Waals surface area contributed by atoms with Crippen molar-refractivity contribution < 1.29 is 24.1 Å². The van der Waals surface area contributed by atoms with Crippen LogP contribution in [0.15, 0.2) is 23.8 Å². The van der Waals surface area contributed by atoms with Crippen LogP contribution in [0.3, 0.4) is 0 Å². The first-order chi connectivity index (χ1) is 14.3. The number of allylic oxidation sites excluding steroid dienone is 4. The van der Waals surface area contributed by atoms with Gasteiger partial charge in [0.2, 0.25) is 5.79 Å². The van der Waals surface area contributed by atoms with E-state index in [1.165, 1.54) is 5.57 Å². The van der Waals surface area contributed by atoms with Gasteiger partial charge < -0.3 is 24.1 Å². The maximum absolute atomic E-state index is 11.8. The van der Waals surface area contributed by atoms with Crippen LogP contribution in [-0.2, 0) is 18.9 Å². The highest BCUT2D eigenvalue weighted by molar-refractivity contribution is 6.26. The molecule has 0 aromatic heterocycles. The lowest BCUT2D eigenvalue weighted by Crippen LogP contribution is -2.71. The summed E-state index contributed by atoms with van der Waals surface area (Å²) in [6.07, 6.45) is 10.7. The predicted octanol–water partition coefficient (Wildman–Crippen LogP) is 4.14. The Balaban J connectivity index is 1.48. The molecule has 1 N–H and O–H groups in total. The van der Waals surface area contributed by atoms with Gasteiger partial charge in [-0.05, 0) is 49.9 Å². The fourth-order valence-electron chi connectivity index (χ4n) is 8.87. The summed E-state index contributed by atoms with van der Waals surface area (Å²) in [5.74, 6) is -0.154. The van der Waals surface area contributed by atoms with Crippen LogP contribution in [0.2, 0.25) is 0 Å². The van der Waals surface area contributed by atoms with Crippen LogP contribution in [-0.4, -0.2) is 47.7 Å². The highest BCUT2D eigenvalue weighted by atomic mass is 35.5. The molecule has 0 aromatic rings. The Bertz CT molecular complexity index is 815. The van der Waals surface area contributed by atoms with Crippen LogP contribution in [0.1, 0.15) is 52.9 Å². The molecule has 2 spiro atoms. The van der Waals surface area contributed by atoms with Crippen molar-refractivity contribution in [3.8, 4) is 0 Å². The van der Waals surface area contributed by atoms with E-state index in [0.717, 1.165) is 25.7 Å². The molecule has 5 fully saturated rings. The summed E-state index contributed by atoms with van der Waals surface area (Å²) < 4.78 is 24.4. The Labute approximate surface area is 183 Å². The molecule has 9 atom stereocenters. The van der Waals surface area contributed by atoms with E-state index in [2.05, 4.69) is 39.0 Å². The van der Waals surface area contributed by atoms with Crippen molar-refractivity contribution in [1.29, 1.82) is 0 Å². The maximum Gasteiger partial charge on any atom is 0.227 e. The minimum atomic E-state index is -0.893. The normalized spacial score (nSPS) is 59.3. The monoisotopic (exact) mass is 436 g/mol. The molecule has 2 aliphatic heterocycles. The molecule has 0 radical (unpaired) electrons. The fraction of sp³-hybridized carbons (Fsp3) is 0.833. The van der Waals surface area contributed by atoms with Crippen LogP contribution >= 0.6 is 11.6 Å². The van der Waals surface area contributed by atoms with Crippen molar-refractivity contribution in [2.75, 3.05) is 20.2 Å². The number of hydrogen-bond acceptors (Lipinski definition) is 5. The summed E-state index contributed by atoms with van der Waals surface area (Å²) in [5.41, 5.74) is 0.131. The van der Waals surface area contributed by atoms with E-state index in [9.17, 15) is 5.11 Å². The third kappa shape index (κ3) is 1.96. The zero-order valence-electron chi connectivity index (χ0n) is 18.2. The van der Waals surface area contributed by atoms with Crippen molar-refractivity contribution in [3.63, 3.8) is 0 Å². The van der Waals surface area contributed by atoms with Crippen molar-refractivity contribution in [3.05, 3.63) is 23.8 Å². The molecule has 1 unspecified atom stereocenters. The van der Waals surface area contributed by atoms with Crippen LogP contribution in [0.5, 0.6) is 0 Å². The number of aliphatic hydroxyl groups excluding tert-OH is 1. The third-order valence-electron chi connectivity index (χ3n) is 10.0. The van der Waals surface area contributed by atoms with E-state index < -0.39 is 22.4 Å². The Morgan fingerprint density at radius 2 is 1.93 bits per heavy atom. The van der Waals surface area contributed by atoms with Gasteiger partial charge in [0.1, 0.15) is 12.2 Å². The predicted molar refractivity (Wildman–Crippen MR) is 112 cm³/mol. The highest BCUT2D eigenvalue weighted by Gasteiger charge is 2.80. The van der Waals surface area contributed by atoms with Crippen LogP contribution in [0.4, 0.5) is 0 Å². The quantitative estimate of drug-likeness (QED) is 0.457. The summed E-state index contributed by atoms with van der Waals surface area (Å²) in [7, 11) is 0. The lowest BCUT2D eigenvalue weighted by Gasteiger charge is -2.64. The molecule has 6 heteroatoms. The second-order valence-electron chi connectivity index (χ2n) is 10.9. The topological polar surface area (TPSA) is 57.2 Å². The molecule has 2 saturated heterocycles. The Kier molecular flexibility index (Phi) is 4.12. The number of ether oxygens (including phenoxy) is 4. The summed E-state index contributed by atoms with van der Waals surface area (Å²) in [6, 6.07) is 0. The van der Waals surface area contributed by atoms with Gasteiger partial charge >= 0.3 is 0 Å². The molecule has 5 nitrogen and oxygen atoms in total. The van der Waals surface area contributed by atoms with Gasteiger partial charge in [-0.2, -0.15) is 0 Å². The summed E-state index contributed by atoms with van der Waals surface area (Å²) in [6.45, 7) is 7.57. The van der Waals surface area contributed by atoms with Gasteiger partial charge in [-0.1, -0.05) is 44.6 Å². The summed E-state index contributed by atoms with van der Waals surface area (Å²) >= 11 is 7.59. The van der Waals surface area contributed by atoms with Crippen LogP contribution in [0, 0.1) is 28.6 Å². The number of hydrogen-bond donors (Lipinski definition) is 1. The Morgan fingerprint density at radius 1 is 1.13 bits per heavy atom. The molecule has 3 saturated carbocycles. The van der Waals surface area contributed by atoms with Gasteiger partial charge in [0.25, 0.3) is 0 Å². The second kappa shape index (κ2) is 6.12. The molecule has 166 valence electrons. The molecule has 0 aromatic carbocycles. The Morgan fingerprint density at radius 3 is 2.70 bits per heavy atom. The minimum absolute atomic E-state index is 0.197. The van der Waals surface area contributed by atoms with Gasteiger partial charge in [-0.15, -0.1) is 11.6 Å². The molecule has 0 amide bonds. The van der Waals surface area contributed by atoms with Crippen molar-refractivity contribution >= 4 is 11.6 Å². The first-order valence-corrected chi connectivity index (χ1v) is 11.9. The van der Waals surface area contributed by atoms with E-state index in [1.807, 2.05) is 0 Å². The summed E-state index contributed by atoms with van der Waals surface area (Å²) in [5, 5.41) is 11.8. The molecule has 4 aliphatic carbocycles. The van der Waals surface area contributed by atoms with Gasteiger partial charge in [0.05, 0.1) is 11.0 Å². The lowest BCUT2D eigenvalue weighted by atomic mass is 9.45. The van der Waals surface area contributed by atoms with Gasteiger partial charge in [-0.25, -0.2) is 0 Å². The third-order valence-corrected chi connectivity index (χ3v) is 11.0. The zero-order chi connectivity index (χ0) is 21.0. The van der Waals surface area contributed by atoms with E-state index in [1.54, 1.807) is 0 Å². The number of aliphatic hydroxyl groups is 1. The SMILES string of the molecule is C[C@@H]1C[C@H]2[C@@H]3CCC4=CCC=C[C@]4(C)[C@@]3(Cl)[C@@H](O)C[C@]2(C)[C@]12OCOC21COCO1. The summed E-state index contributed by atoms with van der Waals surface area (Å²) in [4.78, 5) is -0.705. The van der Waals surface area contributed by atoms with Gasteiger partial charge in [-0.3, -0.25) is 0 Å². The molecule has 6 rings (SSSR count). The fourth-order valence-corrected chi connectivity index (χ4v) is 9.40. The first-order valence-electron chi connectivity index (χ1n) is 11.5. The first kappa shape index (κ1) is 20.2. The molecular formula is C24H33ClO5. The van der Waals surface area contributed by atoms with E-state index in [-0.39, 0.29) is 36.3 Å².